The number of anilines is 1. The first-order chi connectivity index (χ1) is 13.5. The molecule has 1 amide bonds. The summed E-state index contributed by atoms with van der Waals surface area (Å²) >= 11 is 0. The fraction of sp³-hybridized carbons (Fsp3) is 0.200. The van der Waals surface area contributed by atoms with Gasteiger partial charge in [-0.25, -0.2) is 9.18 Å². The second-order valence-corrected chi connectivity index (χ2v) is 5.83. The number of carbonyl (C=O) groups excluding carboxylic acids is 1. The molecule has 1 heterocycles. The number of para-hydroxylation sites is 1. The van der Waals surface area contributed by atoms with Gasteiger partial charge < -0.3 is 18.8 Å². The van der Waals surface area contributed by atoms with Gasteiger partial charge >= 0.3 is 6.09 Å². The molecule has 1 aromatic heterocycles. The lowest BCUT2D eigenvalue weighted by Gasteiger charge is -2.14. The van der Waals surface area contributed by atoms with Gasteiger partial charge in [0.15, 0.2) is 17.2 Å². The normalized spacial score (nSPS) is 10.6. The molecule has 0 atom stereocenters. The van der Waals surface area contributed by atoms with Crippen LogP contribution in [0, 0.1) is 5.82 Å². The molecule has 0 saturated carbocycles. The Morgan fingerprint density at radius 2 is 1.71 bits per heavy atom. The van der Waals surface area contributed by atoms with Crippen LogP contribution in [-0.2, 0) is 6.54 Å². The van der Waals surface area contributed by atoms with Gasteiger partial charge in [0.25, 0.3) is 5.56 Å². The number of amides is 1. The number of methoxy groups -OCH3 is 2. The number of rotatable bonds is 5. The minimum absolute atomic E-state index is 0.0140. The molecule has 3 aromatic rings. The molecule has 0 radical (unpaired) electrons. The number of nitrogens with one attached hydrogen (secondary N) is 1. The number of halogens is 1. The van der Waals surface area contributed by atoms with Crippen LogP contribution < -0.4 is 25.1 Å². The molecule has 0 aliphatic heterocycles. The largest absolute Gasteiger partial charge is 0.493 e. The summed E-state index contributed by atoms with van der Waals surface area (Å²) in [4.78, 5) is 25.0. The quantitative estimate of drug-likeness (QED) is 0.722. The molecule has 2 aromatic carbocycles. The maximum atomic E-state index is 13.7. The molecule has 0 aliphatic carbocycles. The summed E-state index contributed by atoms with van der Waals surface area (Å²) in [5.41, 5.74) is -0.278. The highest BCUT2D eigenvalue weighted by atomic mass is 19.1. The summed E-state index contributed by atoms with van der Waals surface area (Å²) < 4.78 is 31.1. The van der Waals surface area contributed by atoms with Gasteiger partial charge in [0.1, 0.15) is 5.82 Å². The number of pyridine rings is 1. The van der Waals surface area contributed by atoms with Gasteiger partial charge in [-0.05, 0) is 31.2 Å². The number of aryl methyl sites for hydroxylation is 1. The third kappa shape index (κ3) is 3.62. The van der Waals surface area contributed by atoms with E-state index >= 15 is 0 Å². The number of carbonyl (C=O) groups is 1. The summed E-state index contributed by atoms with van der Waals surface area (Å²) in [5, 5.41) is 3.02. The molecule has 0 spiro atoms. The van der Waals surface area contributed by atoms with Crippen LogP contribution in [0.4, 0.5) is 14.9 Å². The van der Waals surface area contributed by atoms with Gasteiger partial charge in [-0.1, -0.05) is 12.1 Å². The minimum atomic E-state index is -0.887. The number of fused-ring (bicyclic) bond motifs is 1. The highest BCUT2D eigenvalue weighted by Crippen LogP contribution is 2.35. The molecule has 0 fully saturated rings. The molecule has 7 nitrogen and oxygen atoms in total. The summed E-state index contributed by atoms with van der Waals surface area (Å²) in [6.45, 7) is 2.16. The van der Waals surface area contributed by atoms with E-state index in [1.165, 1.54) is 49.2 Å². The van der Waals surface area contributed by atoms with Crippen LogP contribution in [-0.4, -0.2) is 24.9 Å². The number of hydrogen-bond acceptors (Lipinski definition) is 5. The van der Waals surface area contributed by atoms with Gasteiger partial charge in [0.05, 0.1) is 31.5 Å². The van der Waals surface area contributed by atoms with Gasteiger partial charge in [0, 0.05) is 11.9 Å². The molecule has 0 saturated heterocycles. The molecule has 3 rings (SSSR count). The van der Waals surface area contributed by atoms with Crippen LogP contribution >= 0.6 is 0 Å². The molecule has 0 aliphatic rings. The van der Waals surface area contributed by atoms with E-state index in [0.29, 0.717) is 28.8 Å². The summed E-state index contributed by atoms with van der Waals surface area (Å²) in [6.07, 6.45) is 0.542. The minimum Gasteiger partial charge on any atom is -0.493 e. The fourth-order valence-corrected chi connectivity index (χ4v) is 2.80. The zero-order chi connectivity index (χ0) is 20.3. The Morgan fingerprint density at radius 1 is 1.07 bits per heavy atom. The van der Waals surface area contributed by atoms with Crippen molar-refractivity contribution in [3.8, 4) is 17.2 Å². The van der Waals surface area contributed by atoms with Gasteiger partial charge in [-0.2, -0.15) is 0 Å². The van der Waals surface area contributed by atoms with Crippen molar-refractivity contribution in [2.45, 2.75) is 13.5 Å². The molecular weight excluding hydrogens is 367 g/mol. The average molecular weight is 386 g/mol. The summed E-state index contributed by atoms with van der Waals surface area (Å²) in [6, 6.07) is 8.82. The first-order valence-corrected chi connectivity index (χ1v) is 8.51. The van der Waals surface area contributed by atoms with Crippen molar-refractivity contribution < 1.29 is 23.4 Å². The Morgan fingerprint density at radius 3 is 2.32 bits per heavy atom. The maximum absolute atomic E-state index is 13.7. The van der Waals surface area contributed by atoms with E-state index in [9.17, 15) is 14.0 Å². The standard InChI is InChI=1S/C20H19FN2O5/c1-4-23-11-18(28-20(25)22-15-8-6-5-7-14(15)21)12-9-16(26-2)17(27-3)10-13(12)19(23)24/h5-11H,4H2,1-3H3,(H,22,25). The number of nitrogens with zero attached hydrogens (tertiary/aromatic N) is 1. The number of hydrogen-bond donors (Lipinski definition) is 1. The van der Waals surface area contributed by atoms with Crippen molar-refractivity contribution >= 4 is 22.6 Å². The zero-order valence-corrected chi connectivity index (χ0v) is 15.6. The van der Waals surface area contributed by atoms with Gasteiger partial charge in [-0.15, -0.1) is 0 Å². The first kappa shape index (κ1) is 19.2. The van der Waals surface area contributed by atoms with Crippen LogP contribution in [0.3, 0.4) is 0 Å². The lowest BCUT2D eigenvalue weighted by molar-refractivity contribution is 0.215. The summed E-state index contributed by atoms with van der Waals surface area (Å²) in [5.74, 6) is 0.297. The zero-order valence-electron chi connectivity index (χ0n) is 15.6. The number of ether oxygens (including phenoxy) is 3. The Balaban J connectivity index is 2.06. The maximum Gasteiger partial charge on any atom is 0.417 e. The predicted molar refractivity (Wildman–Crippen MR) is 103 cm³/mol. The highest BCUT2D eigenvalue weighted by molar-refractivity contribution is 5.94. The Bertz CT molecular complexity index is 1090. The van der Waals surface area contributed by atoms with E-state index in [1.807, 2.05) is 0 Å². The predicted octanol–water partition coefficient (Wildman–Crippen LogP) is 3.79. The lowest BCUT2D eigenvalue weighted by Crippen LogP contribution is -2.22. The van der Waals surface area contributed by atoms with Crippen LogP contribution in [0.5, 0.6) is 17.2 Å². The van der Waals surface area contributed by atoms with E-state index in [2.05, 4.69) is 5.32 Å². The molecule has 1 N–H and O–H groups in total. The summed E-state index contributed by atoms with van der Waals surface area (Å²) in [7, 11) is 2.92. The Hall–Kier alpha value is -3.55. The molecule has 146 valence electrons. The van der Waals surface area contributed by atoms with E-state index < -0.39 is 11.9 Å². The fourth-order valence-electron chi connectivity index (χ4n) is 2.80. The number of benzene rings is 2. The van der Waals surface area contributed by atoms with Crippen molar-refractivity contribution in [1.82, 2.24) is 4.57 Å². The van der Waals surface area contributed by atoms with Crippen LogP contribution in [0.15, 0.2) is 47.4 Å². The lowest BCUT2D eigenvalue weighted by atomic mass is 10.1. The molecule has 0 unspecified atom stereocenters. The van der Waals surface area contributed by atoms with Crippen molar-refractivity contribution in [1.29, 1.82) is 0 Å². The highest BCUT2D eigenvalue weighted by Gasteiger charge is 2.17. The van der Waals surface area contributed by atoms with Crippen molar-refractivity contribution in [2.75, 3.05) is 19.5 Å². The van der Waals surface area contributed by atoms with E-state index in [-0.39, 0.29) is 17.0 Å². The molecule has 0 bridgehead atoms. The monoisotopic (exact) mass is 386 g/mol. The molecular formula is C20H19FN2O5. The van der Waals surface area contributed by atoms with Crippen molar-refractivity contribution in [2.24, 2.45) is 0 Å². The van der Waals surface area contributed by atoms with E-state index in [1.54, 1.807) is 19.1 Å². The van der Waals surface area contributed by atoms with Crippen molar-refractivity contribution in [3.63, 3.8) is 0 Å². The average Bonchev–Trinajstić information content (AvgIpc) is 2.70. The van der Waals surface area contributed by atoms with E-state index in [4.69, 9.17) is 14.2 Å². The smallest absolute Gasteiger partial charge is 0.417 e. The van der Waals surface area contributed by atoms with Crippen LogP contribution in [0.1, 0.15) is 6.92 Å². The number of aromatic nitrogens is 1. The van der Waals surface area contributed by atoms with Crippen LogP contribution in [0.2, 0.25) is 0 Å². The SMILES string of the molecule is CCn1cc(OC(=O)Nc2ccccc2F)c2cc(OC)c(OC)cc2c1=O. The van der Waals surface area contributed by atoms with Gasteiger partial charge in [0.2, 0.25) is 0 Å². The second kappa shape index (κ2) is 7.99. The molecule has 28 heavy (non-hydrogen) atoms. The van der Waals surface area contributed by atoms with E-state index in [0.717, 1.165) is 0 Å². The van der Waals surface area contributed by atoms with Gasteiger partial charge in [-0.3, -0.25) is 10.1 Å². The Kier molecular flexibility index (Phi) is 5.49. The van der Waals surface area contributed by atoms with Crippen LogP contribution in [0.25, 0.3) is 10.8 Å². The first-order valence-electron chi connectivity index (χ1n) is 8.51. The van der Waals surface area contributed by atoms with Crippen molar-refractivity contribution in [3.05, 3.63) is 58.8 Å². The third-order valence-electron chi connectivity index (χ3n) is 4.21. The Labute approximate surface area is 160 Å². The third-order valence-corrected chi connectivity index (χ3v) is 4.21. The molecule has 8 heteroatoms. The topological polar surface area (TPSA) is 78.8 Å². The second-order valence-electron chi connectivity index (χ2n) is 5.83.